The van der Waals surface area contributed by atoms with Crippen LogP contribution in [0.1, 0.15) is 36.6 Å². The van der Waals surface area contributed by atoms with Gasteiger partial charge < -0.3 is 19.9 Å². The van der Waals surface area contributed by atoms with Gasteiger partial charge in [0.2, 0.25) is 0 Å². The third kappa shape index (κ3) is 5.92. The largest absolute Gasteiger partial charge is 0.478 e. The minimum Gasteiger partial charge on any atom is -0.478 e. The van der Waals surface area contributed by atoms with Crippen LogP contribution >= 0.6 is 0 Å². The van der Waals surface area contributed by atoms with Gasteiger partial charge in [0.15, 0.2) is 0 Å². The van der Waals surface area contributed by atoms with Gasteiger partial charge in [-0.3, -0.25) is 0 Å². The molecule has 3 N–H and O–H groups in total. The highest BCUT2D eigenvalue weighted by Gasteiger charge is 2.18. The van der Waals surface area contributed by atoms with Gasteiger partial charge in [0.1, 0.15) is 5.82 Å². The van der Waals surface area contributed by atoms with Crippen molar-refractivity contribution in [1.82, 2.24) is 9.55 Å². The molecule has 0 spiro atoms. The normalized spacial score (nSPS) is 10.1. The molecule has 8 nitrogen and oxygen atoms in total. The van der Waals surface area contributed by atoms with Gasteiger partial charge in [0.25, 0.3) is 0 Å². The molecule has 0 bridgehead atoms. The second-order valence-corrected chi connectivity index (χ2v) is 6.91. The molecule has 0 fully saturated rings. The van der Waals surface area contributed by atoms with E-state index in [1.54, 1.807) is 0 Å². The average molecular weight is 444 g/mol. The summed E-state index contributed by atoms with van der Waals surface area (Å²) < 4.78 is 2.17. The van der Waals surface area contributed by atoms with Crippen LogP contribution in [0, 0.1) is 0 Å². The van der Waals surface area contributed by atoms with Crippen LogP contribution in [0.2, 0.25) is 0 Å². The lowest BCUT2D eigenvalue weighted by Crippen LogP contribution is -2.10. The van der Waals surface area contributed by atoms with Crippen molar-refractivity contribution in [1.29, 1.82) is 0 Å². The van der Waals surface area contributed by atoms with Crippen LogP contribution in [-0.2, 0) is 6.54 Å². The van der Waals surface area contributed by atoms with E-state index in [9.17, 15) is 14.4 Å². The minimum absolute atomic E-state index is 0.266. The first-order valence-electron chi connectivity index (χ1n) is 9.81. The third-order valence-corrected chi connectivity index (χ3v) is 4.67. The van der Waals surface area contributed by atoms with Crippen LogP contribution in [0.5, 0.6) is 0 Å². The van der Waals surface area contributed by atoms with Gasteiger partial charge in [0.05, 0.1) is 16.7 Å². The molecule has 0 aliphatic heterocycles. The molecular formula is C25H20N2O6. The molecular weight excluding hydrogens is 424 g/mol. The molecule has 33 heavy (non-hydrogen) atoms. The zero-order valence-corrected chi connectivity index (χ0v) is 17.3. The number of carboxylic acids is 3. The Hall–Kier alpha value is -4.72. The second kappa shape index (κ2) is 10.5. The first-order valence-corrected chi connectivity index (χ1v) is 9.81. The number of imidazole rings is 1. The van der Waals surface area contributed by atoms with Gasteiger partial charge in [-0.15, -0.1) is 0 Å². The van der Waals surface area contributed by atoms with E-state index in [0.29, 0.717) is 0 Å². The molecule has 4 aromatic rings. The Morgan fingerprint density at radius 2 is 1.33 bits per heavy atom. The van der Waals surface area contributed by atoms with Crippen molar-refractivity contribution in [2.45, 2.75) is 6.54 Å². The highest BCUT2D eigenvalue weighted by atomic mass is 16.4. The van der Waals surface area contributed by atoms with E-state index in [2.05, 4.69) is 45.9 Å². The fraction of sp³-hybridized carbons (Fsp3) is 0.0400. The first-order chi connectivity index (χ1) is 15.9. The van der Waals surface area contributed by atoms with Crippen LogP contribution in [0.25, 0.3) is 11.4 Å². The molecule has 3 aromatic carbocycles. The summed E-state index contributed by atoms with van der Waals surface area (Å²) in [6.07, 6.45) is 3.88. The van der Waals surface area contributed by atoms with Gasteiger partial charge >= 0.3 is 17.9 Å². The lowest BCUT2D eigenvalue weighted by atomic mass is 10.0. The zero-order chi connectivity index (χ0) is 23.8. The fourth-order valence-electron chi connectivity index (χ4n) is 3.11. The zero-order valence-electron chi connectivity index (χ0n) is 17.3. The molecule has 0 aliphatic rings. The summed E-state index contributed by atoms with van der Waals surface area (Å²) in [6, 6.07) is 23.5. The number of hydrogen-bond acceptors (Lipinski definition) is 4. The summed E-state index contributed by atoms with van der Waals surface area (Å²) >= 11 is 0. The van der Waals surface area contributed by atoms with Crippen molar-refractivity contribution < 1.29 is 29.7 Å². The molecule has 8 heteroatoms. The van der Waals surface area contributed by atoms with Crippen molar-refractivity contribution in [3.8, 4) is 11.4 Å². The Morgan fingerprint density at radius 1 is 0.727 bits per heavy atom. The molecule has 166 valence electrons. The van der Waals surface area contributed by atoms with Crippen molar-refractivity contribution in [3.63, 3.8) is 0 Å². The lowest BCUT2D eigenvalue weighted by molar-refractivity contribution is 0.0649. The van der Waals surface area contributed by atoms with Gasteiger partial charge in [0, 0.05) is 24.5 Å². The lowest BCUT2D eigenvalue weighted by Gasteiger charge is -2.07. The SMILES string of the molecule is O=C(O)c1ccc(C(=O)O)c(C(=O)O)c1.c1ccc(Cn2ccnc2-c2ccccc2)cc1. The maximum atomic E-state index is 10.6. The number of nitrogens with zero attached hydrogens (tertiary/aromatic N) is 2. The number of aromatic carboxylic acids is 3. The summed E-state index contributed by atoms with van der Waals surface area (Å²) in [5, 5.41) is 25.9. The molecule has 1 aromatic heterocycles. The Kier molecular flexibility index (Phi) is 7.33. The van der Waals surface area contributed by atoms with Crippen molar-refractivity contribution >= 4 is 17.9 Å². The molecule has 1 heterocycles. The maximum Gasteiger partial charge on any atom is 0.336 e. The maximum absolute atomic E-state index is 10.6. The molecule has 0 saturated carbocycles. The van der Waals surface area contributed by atoms with Gasteiger partial charge in [-0.2, -0.15) is 0 Å². The summed E-state index contributed by atoms with van der Waals surface area (Å²) in [4.78, 5) is 36.2. The predicted octanol–water partition coefficient (Wildman–Crippen LogP) is 4.38. The van der Waals surface area contributed by atoms with Crippen LogP contribution in [0.4, 0.5) is 0 Å². The number of benzene rings is 3. The number of aromatic nitrogens is 2. The van der Waals surface area contributed by atoms with Crippen LogP contribution in [0.3, 0.4) is 0 Å². The number of rotatable bonds is 6. The van der Waals surface area contributed by atoms with E-state index < -0.39 is 29.0 Å². The molecule has 0 saturated heterocycles. The standard InChI is InChI=1S/C16H14N2.C9H6O6/c1-3-7-14(8-4-1)13-18-12-11-17-16(18)15-9-5-2-6-10-15;10-7(11)4-1-2-5(8(12)13)6(3-4)9(14)15/h1-12H,13H2;1-3H,(H,10,11)(H,12,13)(H,14,15). The number of carboxylic acid groups (broad SMARTS) is 3. The monoisotopic (exact) mass is 444 g/mol. The molecule has 0 atom stereocenters. The Labute approximate surface area is 189 Å². The fourth-order valence-corrected chi connectivity index (χ4v) is 3.11. The average Bonchev–Trinajstić information content (AvgIpc) is 3.28. The number of carbonyl (C=O) groups is 3. The van der Waals surface area contributed by atoms with Crippen molar-refractivity contribution in [2.75, 3.05) is 0 Å². The van der Waals surface area contributed by atoms with E-state index in [1.807, 2.05) is 36.7 Å². The predicted molar refractivity (Wildman–Crippen MR) is 121 cm³/mol. The Bertz CT molecular complexity index is 1270. The molecule has 0 amide bonds. The summed E-state index contributed by atoms with van der Waals surface area (Å²) in [5.41, 5.74) is 1.19. The highest BCUT2D eigenvalue weighted by Crippen LogP contribution is 2.18. The Balaban J connectivity index is 0.000000190. The van der Waals surface area contributed by atoms with E-state index >= 15 is 0 Å². The highest BCUT2D eigenvalue weighted by molar-refractivity contribution is 6.03. The summed E-state index contributed by atoms with van der Waals surface area (Å²) in [6.45, 7) is 0.852. The smallest absolute Gasteiger partial charge is 0.336 e. The van der Waals surface area contributed by atoms with Crippen LogP contribution < -0.4 is 0 Å². The van der Waals surface area contributed by atoms with Crippen molar-refractivity contribution in [2.24, 2.45) is 0 Å². The summed E-state index contributed by atoms with van der Waals surface area (Å²) in [5.74, 6) is -3.19. The van der Waals surface area contributed by atoms with E-state index in [4.69, 9.17) is 15.3 Å². The summed E-state index contributed by atoms with van der Waals surface area (Å²) in [7, 11) is 0. The van der Waals surface area contributed by atoms with Gasteiger partial charge in [-0.1, -0.05) is 60.7 Å². The van der Waals surface area contributed by atoms with Gasteiger partial charge in [-0.05, 0) is 23.8 Å². The van der Waals surface area contributed by atoms with Crippen LogP contribution in [0.15, 0.2) is 91.3 Å². The van der Waals surface area contributed by atoms with E-state index in [-0.39, 0.29) is 5.56 Å². The molecule has 0 radical (unpaired) electrons. The van der Waals surface area contributed by atoms with Crippen molar-refractivity contribution in [3.05, 3.63) is 114 Å². The topological polar surface area (TPSA) is 130 Å². The van der Waals surface area contributed by atoms with E-state index in [0.717, 1.165) is 36.1 Å². The van der Waals surface area contributed by atoms with Gasteiger partial charge in [-0.25, -0.2) is 19.4 Å². The molecule has 0 unspecified atom stereocenters. The van der Waals surface area contributed by atoms with Crippen LogP contribution in [-0.4, -0.2) is 42.8 Å². The second-order valence-electron chi connectivity index (χ2n) is 6.91. The van der Waals surface area contributed by atoms with E-state index in [1.165, 1.54) is 5.56 Å². The quantitative estimate of drug-likeness (QED) is 0.402. The number of hydrogen-bond donors (Lipinski definition) is 3. The third-order valence-electron chi connectivity index (χ3n) is 4.67. The first kappa shape index (κ1) is 23.0. The molecule has 4 rings (SSSR count). The minimum atomic E-state index is -1.48. The molecule has 0 aliphatic carbocycles. The Morgan fingerprint density at radius 3 is 1.91 bits per heavy atom.